The molecule has 1 aromatic rings. The zero-order valence-electron chi connectivity index (χ0n) is 16.7. The van der Waals surface area contributed by atoms with Crippen molar-refractivity contribution in [3.8, 4) is 0 Å². The number of benzene rings is 1. The van der Waals surface area contributed by atoms with E-state index < -0.39 is 28.5 Å². The number of nitrogens with one attached hydrogen (secondary N) is 1. The maximum Gasteiger partial charge on any atom is 0.338 e. The molecule has 158 valence electrons. The summed E-state index contributed by atoms with van der Waals surface area (Å²) in [4.78, 5) is 37.3. The third kappa shape index (κ3) is 5.06. The number of sulfonamides is 1. The summed E-state index contributed by atoms with van der Waals surface area (Å²) in [7, 11) is -1.94. The predicted molar refractivity (Wildman–Crippen MR) is 106 cm³/mol. The quantitative estimate of drug-likeness (QED) is 0.631. The summed E-state index contributed by atoms with van der Waals surface area (Å²) in [6.45, 7) is 1.23. The highest BCUT2D eigenvalue weighted by atomic mass is 32.2. The molecule has 2 amide bonds. The molecule has 0 radical (unpaired) electrons. The number of carbonyl (C=O) groups excluding carboxylic acids is 3. The van der Waals surface area contributed by atoms with Gasteiger partial charge in [-0.25, -0.2) is 13.2 Å². The standard InChI is InChI=1S/C19H25N3O6S/c1-12-8-14-9-13(4-7-16(14)22(12)29(3,26)27)19(25)28-11-18(24)21(2)10-17(23)20-15-5-6-15/h4,7,9,12,15H,5-6,8,10-11H2,1-3H3,(H,20,23)/t12-/m0/s1. The van der Waals surface area contributed by atoms with Crippen LogP contribution in [-0.4, -0.2) is 69.6 Å². The lowest BCUT2D eigenvalue weighted by Gasteiger charge is -2.21. The topological polar surface area (TPSA) is 113 Å². The molecule has 1 aromatic carbocycles. The fraction of sp³-hybridized carbons (Fsp3) is 0.526. The third-order valence-corrected chi connectivity index (χ3v) is 6.17. The first-order chi connectivity index (χ1) is 13.6. The van der Waals surface area contributed by atoms with E-state index in [2.05, 4.69) is 5.32 Å². The number of likely N-dealkylation sites (N-methyl/N-ethyl adjacent to an activating group) is 1. The van der Waals surface area contributed by atoms with Gasteiger partial charge in [-0.1, -0.05) is 0 Å². The van der Waals surface area contributed by atoms with Crippen LogP contribution in [0.2, 0.25) is 0 Å². The first kappa shape index (κ1) is 21.1. The maximum atomic E-state index is 12.3. The van der Waals surface area contributed by atoms with E-state index in [4.69, 9.17) is 4.74 Å². The lowest BCUT2D eigenvalue weighted by Crippen LogP contribution is -2.40. The van der Waals surface area contributed by atoms with Gasteiger partial charge in [0.1, 0.15) is 0 Å². The van der Waals surface area contributed by atoms with Crippen LogP contribution in [0.25, 0.3) is 0 Å². The molecule has 9 nitrogen and oxygen atoms in total. The van der Waals surface area contributed by atoms with Gasteiger partial charge in [0.2, 0.25) is 15.9 Å². The van der Waals surface area contributed by atoms with Gasteiger partial charge in [-0.2, -0.15) is 0 Å². The first-order valence-electron chi connectivity index (χ1n) is 9.39. The molecule has 1 saturated carbocycles. The van der Waals surface area contributed by atoms with E-state index in [1.54, 1.807) is 19.1 Å². The minimum absolute atomic E-state index is 0.0923. The molecule has 1 aliphatic heterocycles. The number of hydrogen-bond acceptors (Lipinski definition) is 6. The molecule has 3 rings (SSSR count). The number of nitrogens with zero attached hydrogens (tertiary/aromatic N) is 2. The zero-order chi connectivity index (χ0) is 21.3. The Labute approximate surface area is 170 Å². The van der Waals surface area contributed by atoms with Crippen molar-refractivity contribution >= 4 is 33.5 Å². The average molecular weight is 423 g/mol. The van der Waals surface area contributed by atoms with Gasteiger partial charge in [0.15, 0.2) is 6.61 Å². The number of esters is 1. The molecule has 0 spiro atoms. The SMILES string of the molecule is C[C@H]1Cc2cc(C(=O)OCC(=O)N(C)CC(=O)NC3CC3)ccc2N1S(C)(=O)=O. The van der Waals surface area contributed by atoms with Gasteiger partial charge >= 0.3 is 5.97 Å². The molecular formula is C19H25N3O6S. The van der Waals surface area contributed by atoms with Gasteiger partial charge in [-0.05, 0) is 49.9 Å². The van der Waals surface area contributed by atoms with Gasteiger partial charge in [-0.3, -0.25) is 13.9 Å². The highest BCUT2D eigenvalue weighted by Gasteiger charge is 2.33. The van der Waals surface area contributed by atoms with Crippen LogP contribution in [-0.2, 0) is 30.8 Å². The largest absolute Gasteiger partial charge is 0.452 e. The van der Waals surface area contributed by atoms with E-state index in [-0.39, 0.29) is 30.1 Å². The van der Waals surface area contributed by atoms with E-state index in [9.17, 15) is 22.8 Å². The highest BCUT2D eigenvalue weighted by Crippen LogP contribution is 2.34. The van der Waals surface area contributed by atoms with E-state index in [1.165, 1.54) is 22.3 Å². The molecule has 2 aliphatic rings. The smallest absolute Gasteiger partial charge is 0.338 e. The summed E-state index contributed by atoms with van der Waals surface area (Å²) in [5, 5.41) is 2.78. The Kier molecular flexibility index (Phi) is 5.83. The molecule has 1 heterocycles. The van der Waals surface area contributed by atoms with Crippen LogP contribution in [0.1, 0.15) is 35.7 Å². The Hall–Kier alpha value is -2.62. The van der Waals surface area contributed by atoms with Crippen LogP contribution < -0.4 is 9.62 Å². The van der Waals surface area contributed by atoms with E-state index in [0.717, 1.165) is 24.7 Å². The highest BCUT2D eigenvalue weighted by molar-refractivity contribution is 7.92. The number of anilines is 1. The number of ether oxygens (including phenoxy) is 1. The molecule has 0 unspecified atom stereocenters. The predicted octanol–water partition coefficient (Wildman–Crippen LogP) is 0.291. The zero-order valence-corrected chi connectivity index (χ0v) is 17.5. The molecule has 29 heavy (non-hydrogen) atoms. The van der Waals surface area contributed by atoms with Crippen molar-refractivity contribution in [3.05, 3.63) is 29.3 Å². The minimum atomic E-state index is -3.41. The summed E-state index contributed by atoms with van der Waals surface area (Å²) >= 11 is 0. The Balaban J connectivity index is 1.56. The van der Waals surface area contributed by atoms with Crippen molar-refractivity contribution in [2.24, 2.45) is 0 Å². The van der Waals surface area contributed by atoms with Crippen LogP contribution in [0.4, 0.5) is 5.69 Å². The van der Waals surface area contributed by atoms with Crippen molar-refractivity contribution in [1.29, 1.82) is 0 Å². The molecule has 0 bridgehead atoms. The van der Waals surface area contributed by atoms with E-state index in [0.29, 0.717) is 12.1 Å². The summed E-state index contributed by atoms with van der Waals surface area (Å²) in [5.41, 5.74) is 1.53. The summed E-state index contributed by atoms with van der Waals surface area (Å²) < 4.78 is 30.3. The summed E-state index contributed by atoms with van der Waals surface area (Å²) in [5.74, 6) is -1.40. The molecule has 1 fully saturated rings. The third-order valence-electron chi connectivity index (χ3n) is 4.90. The normalized spacial score (nSPS) is 18.2. The summed E-state index contributed by atoms with van der Waals surface area (Å²) in [6, 6.07) is 4.63. The van der Waals surface area contributed by atoms with Crippen molar-refractivity contribution in [2.45, 2.75) is 38.3 Å². The number of amides is 2. The van der Waals surface area contributed by atoms with Gasteiger partial charge in [-0.15, -0.1) is 0 Å². The number of fused-ring (bicyclic) bond motifs is 1. The van der Waals surface area contributed by atoms with Gasteiger partial charge < -0.3 is 15.0 Å². The fourth-order valence-electron chi connectivity index (χ4n) is 3.36. The molecule has 1 atom stereocenters. The lowest BCUT2D eigenvalue weighted by atomic mass is 10.1. The molecule has 10 heteroatoms. The average Bonchev–Trinajstić information content (AvgIpc) is 3.36. The van der Waals surface area contributed by atoms with Crippen LogP contribution in [0.5, 0.6) is 0 Å². The van der Waals surface area contributed by atoms with Crippen molar-refractivity contribution in [2.75, 3.05) is 30.8 Å². The number of hydrogen-bond donors (Lipinski definition) is 1. The molecule has 1 N–H and O–H groups in total. The van der Waals surface area contributed by atoms with Gasteiger partial charge in [0.05, 0.1) is 24.1 Å². The minimum Gasteiger partial charge on any atom is -0.452 e. The Morgan fingerprint density at radius 1 is 1.28 bits per heavy atom. The van der Waals surface area contributed by atoms with Crippen LogP contribution in [0.3, 0.4) is 0 Å². The monoisotopic (exact) mass is 423 g/mol. The second-order valence-electron chi connectivity index (χ2n) is 7.62. The lowest BCUT2D eigenvalue weighted by molar-refractivity contribution is -0.137. The molecule has 0 saturated heterocycles. The second kappa shape index (κ2) is 8.02. The second-order valence-corrected chi connectivity index (χ2v) is 9.48. The van der Waals surface area contributed by atoms with Crippen LogP contribution in [0.15, 0.2) is 18.2 Å². The van der Waals surface area contributed by atoms with Gasteiger partial charge in [0, 0.05) is 19.1 Å². The van der Waals surface area contributed by atoms with Crippen molar-refractivity contribution in [1.82, 2.24) is 10.2 Å². The molecular weight excluding hydrogens is 398 g/mol. The maximum absolute atomic E-state index is 12.3. The van der Waals surface area contributed by atoms with E-state index in [1.807, 2.05) is 0 Å². The molecule has 0 aromatic heterocycles. The Morgan fingerprint density at radius 2 is 1.97 bits per heavy atom. The first-order valence-corrected chi connectivity index (χ1v) is 11.2. The van der Waals surface area contributed by atoms with Crippen LogP contribution in [0, 0.1) is 0 Å². The fourth-order valence-corrected chi connectivity index (χ4v) is 4.62. The number of carbonyl (C=O) groups is 3. The van der Waals surface area contributed by atoms with Crippen molar-refractivity contribution < 1.29 is 27.5 Å². The Bertz CT molecular complexity index is 941. The Morgan fingerprint density at radius 3 is 2.59 bits per heavy atom. The summed E-state index contributed by atoms with van der Waals surface area (Å²) in [6.07, 6.45) is 3.56. The molecule has 1 aliphatic carbocycles. The van der Waals surface area contributed by atoms with Crippen LogP contribution >= 0.6 is 0 Å². The van der Waals surface area contributed by atoms with Crippen molar-refractivity contribution in [3.63, 3.8) is 0 Å². The number of rotatable bonds is 7. The van der Waals surface area contributed by atoms with E-state index >= 15 is 0 Å². The van der Waals surface area contributed by atoms with Gasteiger partial charge in [0.25, 0.3) is 5.91 Å².